The molecule has 0 aromatic heterocycles. The van der Waals surface area contributed by atoms with Crippen LogP contribution in [0.4, 0.5) is 0 Å². The number of fused-ring (bicyclic) bond motifs is 5. The molecule has 1 aromatic carbocycles. The van der Waals surface area contributed by atoms with E-state index in [1.807, 2.05) is 23.2 Å². The standard InChI is InChI=1S/C21H27BrO2/c1-13-12-20(2)18(7-8-21(20,24)9-10-22)17-5-3-14-11-15(23)4-6-16(14)19(13)17/h4,6,9-11,13,17-19,23-24H,3,5,7-8,12H2,1-2H3/b10-9+/t13-,17-,18-,19+,20-,21+/m0/s1. The molecule has 3 aliphatic carbocycles. The van der Waals surface area contributed by atoms with Gasteiger partial charge < -0.3 is 10.2 Å². The van der Waals surface area contributed by atoms with E-state index >= 15 is 0 Å². The van der Waals surface area contributed by atoms with E-state index in [2.05, 4.69) is 35.8 Å². The molecule has 130 valence electrons. The van der Waals surface area contributed by atoms with Gasteiger partial charge in [0.15, 0.2) is 0 Å². The lowest BCUT2D eigenvalue weighted by atomic mass is 9.50. The molecular formula is C21H27BrO2. The molecule has 0 heterocycles. The highest BCUT2D eigenvalue weighted by Crippen LogP contribution is 2.66. The Bertz CT molecular complexity index is 684. The number of rotatable bonds is 1. The van der Waals surface area contributed by atoms with E-state index in [1.54, 1.807) is 0 Å². The van der Waals surface area contributed by atoms with Crippen LogP contribution in [0, 0.1) is 23.2 Å². The van der Waals surface area contributed by atoms with Crippen LogP contribution in [0.25, 0.3) is 0 Å². The van der Waals surface area contributed by atoms with Gasteiger partial charge in [0.2, 0.25) is 0 Å². The first-order chi connectivity index (χ1) is 11.4. The summed E-state index contributed by atoms with van der Waals surface area (Å²) in [5.41, 5.74) is 2.06. The zero-order chi connectivity index (χ0) is 17.1. The Balaban J connectivity index is 1.75. The summed E-state index contributed by atoms with van der Waals surface area (Å²) < 4.78 is 0. The Morgan fingerprint density at radius 2 is 2.08 bits per heavy atom. The number of phenols is 1. The summed E-state index contributed by atoms with van der Waals surface area (Å²) in [7, 11) is 0. The largest absolute Gasteiger partial charge is 0.508 e. The number of hydrogen-bond donors (Lipinski definition) is 2. The predicted molar refractivity (Wildman–Crippen MR) is 100 cm³/mol. The van der Waals surface area contributed by atoms with Gasteiger partial charge in [0.1, 0.15) is 5.75 Å². The highest BCUT2D eigenvalue weighted by atomic mass is 79.9. The number of aryl methyl sites for hydroxylation is 1. The van der Waals surface area contributed by atoms with Gasteiger partial charge in [0, 0.05) is 5.41 Å². The van der Waals surface area contributed by atoms with Crippen LogP contribution < -0.4 is 0 Å². The number of phenolic OH excluding ortho intramolecular Hbond substituents is 1. The Morgan fingerprint density at radius 3 is 2.83 bits per heavy atom. The molecule has 0 saturated heterocycles. The van der Waals surface area contributed by atoms with Gasteiger partial charge in [-0.05, 0) is 90.1 Å². The molecule has 0 bridgehead atoms. The van der Waals surface area contributed by atoms with Gasteiger partial charge in [-0.2, -0.15) is 0 Å². The van der Waals surface area contributed by atoms with E-state index in [0.717, 1.165) is 25.7 Å². The van der Waals surface area contributed by atoms with E-state index in [0.29, 0.717) is 29.4 Å². The Labute approximate surface area is 153 Å². The molecule has 2 N–H and O–H groups in total. The molecule has 6 atom stereocenters. The SMILES string of the molecule is C[C@H]1C[C@@]2(C)[C@@H](CC[C@@]2(O)/C=C/Br)[C@@H]2CCc3cc(O)ccc3[C@H]21. The summed E-state index contributed by atoms with van der Waals surface area (Å²) in [6.45, 7) is 4.68. The minimum Gasteiger partial charge on any atom is -0.508 e. The topological polar surface area (TPSA) is 40.5 Å². The molecule has 24 heavy (non-hydrogen) atoms. The van der Waals surface area contributed by atoms with Crippen LogP contribution in [0.15, 0.2) is 29.3 Å². The number of hydrogen-bond acceptors (Lipinski definition) is 2. The Kier molecular flexibility index (Phi) is 3.89. The van der Waals surface area contributed by atoms with Crippen molar-refractivity contribution in [2.45, 2.75) is 57.5 Å². The number of benzene rings is 1. The van der Waals surface area contributed by atoms with Gasteiger partial charge in [-0.3, -0.25) is 0 Å². The van der Waals surface area contributed by atoms with E-state index in [1.165, 1.54) is 17.5 Å². The molecular weight excluding hydrogens is 364 g/mol. The van der Waals surface area contributed by atoms with Crippen LogP contribution >= 0.6 is 15.9 Å². The maximum absolute atomic E-state index is 11.3. The highest BCUT2D eigenvalue weighted by Gasteiger charge is 2.62. The van der Waals surface area contributed by atoms with Gasteiger partial charge in [-0.25, -0.2) is 0 Å². The summed E-state index contributed by atoms with van der Waals surface area (Å²) >= 11 is 3.38. The summed E-state index contributed by atoms with van der Waals surface area (Å²) in [4.78, 5) is 1.84. The van der Waals surface area contributed by atoms with E-state index in [-0.39, 0.29) is 5.41 Å². The van der Waals surface area contributed by atoms with Crippen molar-refractivity contribution in [3.8, 4) is 5.75 Å². The van der Waals surface area contributed by atoms with Crippen molar-refractivity contribution in [2.24, 2.45) is 23.2 Å². The van der Waals surface area contributed by atoms with Crippen molar-refractivity contribution < 1.29 is 10.2 Å². The molecule has 0 radical (unpaired) electrons. The lowest BCUT2D eigenvalue weighted by Crippen LogP contribution is -2.52. The third kappa shape index (κ3) is 2.17. The molecule has 0 amide bonds. The molecule has 2 nitrogen and oxygen atoms in total. The van der Waals surface area contributed by atoms with Crippen LogP contribution in [0.1, 0.15) is 56.6 Å². The first-order valence-electron chi connectivity index (χ1n) is 9.22. The number of aromatic hydroxyl groups is 1. The van der Waals surface area contributed by atoms with E-state index in [4.69, 9.17) is 0 Å². The average molecular weight is 391 g/mol. The van der Waals surface area contributed by atoms with Gasteiger partial charge in [-0.15, -0.1) is 0 Å². The normalized spacial score (nSPS) is 44.2. The van der Waals surface area contributed by atoms with Crippen LogP contribution in [0.3, 0.4) is 0 Å². The van der Waals surface area contributed by atoms with Gasteiger partial charge in [0.25, 0.3) is 0 Å². The minimum atomic E-state index is -0.685. The molecule has 0 spiro atoms. The third-order valence-electron chi connectivity index (χ3n) is 7.55. The summed E-state index contributed by atoms with van der Waals surface area (Å²) in [5.74, 6) is 2.73. The molecule has 2 fully saturated rings. The fraction of sp³-hybridized carbons (Fsp3) is 0.619. The van der Waals surface area contributed by atoms with Crippen molar-refractivity contribution in [3.63, 3.8) is 0 Å². The smallest absolute Gasteiger partial charge is 0.115 e. The minimum absolute atomic E-state index is 0.0354. The molecule has 3 aliphatic rings. The first kappa shape index (κ1) is 16.7. The van der Waals surface area contributed by atoms with Crippen LogP contribution in [-0.2, 0) is 6.42 Å². The summed E-state index contributed by atoms with van der Waals surface area (Å²) in [6.07, 6.45) is 7.26. The second-order valence-corrected chi connectivity index (χ2v) is 9.10. The zero-order valence-electron chi connectivity index (χ0n) is 14.5. The maximum atomic E-state index is 11.3. The zero-order valence-corrected chi connectivity index (χ0v) is 16.1. The van der Waals surface area contributed by atoms with E-state index in [9.17, 15) is 10.2 Å². The molecule has 2 saturated carbocycles. The maximum Gasteiger partial charge on any atom is 0.115 e. The van der Waals surface area contributed by atoms with Crippen LogP contribution in [0.2, 0.25) is 0 Å². The molecule has 3 heteroatoms. The fourth-order valence-electron chi connectivity index (χ4n) is 6.54. The first-order valence-corrected chi connectivity index (χ1v) is 10.1. The van der Waals surface area contributed by atoms with Crippen LogP contribution in [-0.4, -0.2) is 15.8 Å². The van der Waals surface area contributed by atoms with Gasteiger partial charge in [-0.1, -0.05) is 35.8 Å². The second-order valence-electron chi connectivity index (χ2n) is 8.57. The average Bonchev–Trinajstić information content (AvgIpc) is 2.78. The monoisotopic (exact) mass is 390 g/mol. The molecule has 4 rings (SSSR count). The molecule has 0 unspecified atom stereocenters. The lowest BCUT2D eigenvalue weighted by molar-refractivity contribution is -0.0866. The van der Waals surface area contributed by atoms with Crippen molar-refractivity contribution >= 4 is 15.9 Å². The fourth-order valence-corrected chi connectivity index (χ4v) is 6.97. The van der Waals surface area contributed by atoms with Crippen molar-refractivity contribution in [1.82, 2.24) is 0 Å². The van der Waals surface area contributed by atoms with Gasteiger partial charge in [0.05, 0.1) is 5.60 Å². The van der Waals surface area contributed by atoms with Gasteiger partial charge >= 0.3 is 0 Å². The Morgan fingerprint density at radius 1 is 1.29 bits per heavy atom. The van der Waals surface area contributed by atoms with Crippen molar-refractivity contribution in [2.75, 3.05) is 0 Å². The molecule has 1 aromatic rings. The molecule has 0 aliphatic heterocycles. The van der Waals surface area contributed by atoms with Crippen LogP contribution in [0.5, 0.6) is 5.75 Å². The summed E-state index contributed by atoms with van der Waals surface area (Å²) in [5, 5.41) is 21.2. The lowest BCUT2D eigenvalue weighted by Gasteiger charge is -2.55. The highest BCUT2D eigenvalue weighted by molar-refractivity contribution is 9.11. The Hall–Kier alpha value is -0.800. The predicted octanol–water partition coefficient (Wildman–Crippen LogP) is 5.13. The third-order valence-corrected chi connectivity index (χ3v) is 7.82. The second kappa shape index (κ2) is 5.60. The van der Waals surface area contributed by atoms with E-state index < -0.39 is 5.60 Å². The van der Waals surface area contributed by atoms with Crippen molar-refractivity contribution in [3.05, 3.63) is 40.4 Å². The summed E-state index contributed by atoms with van der Waals surface area (Å²) in [6, 6.07) is 5.96. The number of halogens is 1. The quantitative estimate of drug-likeness (QED) is 0.697. The number of aliphatic hydroxyl groups is 1. The van der Waals surface area contributed by atoms with Crippen molar-refractivity contribution in [1.29, 1.82) is 0 Å².